The van der Waals surface area contributed by atoms with Crippen molar-refractivity contribution in [3.05, 3.63) is 76.9 Å². The molecule has 0 aliphatic heterocycles. The van der Waals surface area contributed by atoms with Crippen LogP contribution in [0.25, 0.3) is 12.2 Å². The van der Waals surface area contributed by atoms with Crippen LogP contribution in [0, 0.1) is 0 Å². The molecular formula is C22H23NO. The second-order valence-corrected chi connectivity index (χ2v) is 6.42. The summed E-state index contributed by atoms with van der Waals surface area (Å²) in [7, 11) is 4.05. The Hall–Kier alpha value is -2.61. The van der Waals surface area contributed by atoms with Gasteiger partial charge < -0.3 is 4.90 Å². The zero-order valence-electron chi connectivity index (χ0n) is 14.3. The van der Waals surface area contributed by atoms with E-state index in [2.05, 4.69) is 29.2 Å². The van der Waals surface area contributed by atoms with E-state index in [4.69, 9.17) is 0 Å². The number of anilines is 1. The van der Waals surface area contributed by atoms with Crippen molar-refractivity contribution >= 4 is 23.6 Å². The average molecular weight is 317 g/mol. The molecule has 1 fully saturated rings. The third kappa shape index (κ3) is 3.83. The largest absolute Gasteiger partial charge is 0.378 e. The number of ketones is 1. The molecule has 24 heavy (non-hydrogen) atoms. The third-order valence-electron chi connectivity index (χ3n) is 4.37. The Kier molecular flexibility index (Phi) is 4.95. The maximum Gasteiger partial charge on any atom is 0.185 e. The summed E-state index contributed by atoms with van der Waals surface area (Å²) < 4.78 is 0. The van der Waals surface area contributed by atoms with Gasteiger partial charge in [-0.2, -0.15) is 0 Å². The second kappa shape index (κ2) is 7.31. The molecule has 0 bridgehead atoms. The molecule has 0 N–H and O–H groups in total. The van der Waals surface area contributed by atoms with E-state index < -0.39 is 0 Å². The molecule has 1 saturated carbocycles. The van der Waals surface area contributed by atoms with Crippen molar-refractivity contribution in [3.8, 4) is 0 Å². The lowest BCUT2D eigenvalue weighted by Gasteiger charge is -2.17. The first-order valence-corrected chi connectivity index (χ1v) is 8.42. The Bertz CT molecular complexity index is 767. The first-order chi connectivity index (χ1) is 11.6. The molecule has 2 aromatic rings. The van der Waals surface area contributed by atoms with Gasteiger partial charge in [-0.1, -0.05) is 42.5 Å². The van der Waals surface area contributed by atoms with E-state index >= 15 is 0 Å². The Morgan fingerprint density at radius 1 is 0.792 bits per heavy atom. The fourth-order valence-electron chi connectivity index (χ4n) is 3.00. The van der Waals surface area contributed by atoms with Gasteiger partial charge in [-0.25, -0.2) is 0 Å². The molecule has 0 atom stereocenters. The van der Waals surface area contributed by atoms with Crippen LogP contribution < -0.4 is 4.90 Å². The number of benzene rings is 2. The first kappa shape index (κ1) is 16.3. The average Bonchev–Trinajstić information content (AvgIpc) is 2.60. The smallest absolute Gasteiger partial charge is 0.185 e. The Labute approximate surface area is 144 Å². The maximum absolute atomic E-state index is 12.8. The van der Waals surface area contributed by atoms with Crippen molar-refractivity contribution in [2.24, 2.45) is 0 Å². The molecule has 0 saturated heterocycles. The van der Waals surface area contributed by atoms with Gasteiger partial charge in [0.2, 0.25) is 0 Å². The highest BCUT2D eigenvalue weighted by Crippen LogP contribution is 2.28. The van der Waals surface area contributed by atoms with Crippen molar-refractivity contribution in [3.63, 3.8) is 0 Å². The first-order valence-electron chi connectivity index (χ1n) is 8.42. The van der Waals surface area contributed by atoms with Crippen molar-refractivity contribution in [1.82, 2.24) is 0 Å². The molecule has 0 spiro atoms. The number of hydrogen-bond donors (Lipinski definition) is 0. The zero-order valence-corrected chi connectivity index (χ0v) is 14.3. The maximum atomic E-state index is 12.8. The van der Waals surface area contributed by atoms with E-state index in [1.165, 1.54) is 0 Å². The van der Waals surface area contributed by atoms with Crippen molar-refractivity contribution in [1.29, 1.82) is 0 Å². The van der Waals surface area contributed by atoms with Crippen LogP contribution in [0.1, 0.15) is 30.4 Å². The van der Waals surface area contributed by atoms with Gasteiger partial charge in [-0.3, -0.25) is 4.79 Å². The standard InChI is InChI=1S/C22H23NO/c1-23(2)21-13-11-18(12-14-21)16-20-10-6-9-19(22(20)24)15-17-7-4-3-5-8-17/h3-5,7-8,11-16H,6,9-10H2,1-2H3/b19-15-,20-16-. The lowest BCUT2D eigenvalue weighted by Crippen LogP contribution is -2.12. The van der Waals surface area contributed by atoms with Gasteiger partial charge in [-0.05, 0) is 54.7 Å². The lowest BCUT2D eigenvalue weighted by atomic mass is 9.87. The van der Waals surface area contributed by atoms with Crippen LogP contribution in [0.5, 0.6) is 0 Å². The molecule has 2 nitrogen and oxygen atoms in total. The summed E-state index contributed by atoms with van der Waals surface area (Å²) in [6.07, 6.45) is 6.83. The van der Waals surface area contributed by atoms with Gasteiger partial charge in [0.15, 0.2) is 5.78 Å². The number of carbonyl (C=O) groups excluding carboxylic acids is 1. The number of hydrogen-bond acceptors (Lipinski definition) is 2. The van der Waals surface area contributed by atoms with Crippen LogP contribution in [0.15, 0.2) is 65.7 Å². The van der Waals surface area contributed by atoms with E-state index in [1.54, 1.807) is 0 Å². The summed E-state index contributed by atoms with van der Waals surface area (Å²) in [6, 6.07) is 18.4. The summed E-state index contributed by atoms with van der Waals surface area (Å²) in [5, 5.41) is 0. The van der Waals surface area contributed by atoms with Gasteiger partial charge in [-0.15, -0.1) is 0 Å². The zero-order chi connectivity index (χ0) is 16.9. The van der Waals surface area contributed by atoms with Crippen LogP contribution in [-0.2, 0) is 4.79 Å². The van der Waals surface area contributed by atoms with Crippen LogP contribution >= 0.6 is 0 Å². The molecule has 1 aliphatic carbocycles. The molecule has 0 radical (unpaired) electrons. The summed E-state index contributed by atoms with van der Waals surface area (Å²) in [5.74, 6) is 0.196. The highest BCUT2D eigenvalue weighted by Gasteiger charge is 2.20. The number of carbonyl (C=O) groups is 1. The van der Waals surface area contributed by atoms with E-state index in [1.807, 2.05) is 56.6 Å². The van der Waals surface area contributed by atoms with E-state index in [-0.39, 0.29) is 5.78 Å². The molecule has 3 rings (SSSR count). The minimum absolute atomic E-state index is 0.196. The predicted molar refractivity (Wildman–Crippen MR) is 102 cm³/mol. The Balaban J connectivity index is 1.83. The predicted octanol–water partition coefficient (Wildman–Crippen LogP) is 4.97. The fourth-order valence-corrected chi connectivity index (χ4v) is 3.00. The van der Waals surface area contributed by atoms with Crippen LogP contribution in [-0.4, -0.2) is 19.9 Å². The molecule has 0 unspecified atom stereocenters. The molecule has 0 aromatic heterocycles. The fraction of sp³-hybridized carbons (Fsp3) is 0.227. The summed E-state index contributed by atoms with van der Waals surface area (Å²) in [4.78, 5) is 14.8. The minimum Gasteiger partial charge on any atom is -0.378 e. The van der Waals surface area contributed by atoms with Crippen LogP contribution in [0.3, 0.4) is 0 Å². The molecule has 122 valence electrons. The second-order valence-electron chi connectivity index (χ2n) is 6.42. The molecule has 1 aliphatic rings. The number of rotatable bonds is 3. The van der Waals surface area contributed by atoms with Crippen molar-refractivity contribution in [2.75, 3.05) is 19.0 Å². The van der Waals surface area contributed by atoms with Gasteiger partial charge in [0.25, 0.3) is 0 Å². The van der Waals surface area contributed by atoms with E-state index in [9.17, 15) is 4.79 Å². The summed E-state index contributed by atoms with van der Waals surface area (Å²) in [5.41, 5.74) is 5.18. The molecule has 2 heteroatoms. The third-order valence-corrected chi connectivity index (χ3v) is 4.37. The van der Waals surface area contributed by atoms with Gasteiger partial charge in [0.05, 0.1) is 0 Å². The quantitative estimate of drug-likeness (QED) is 0.745. The van der Waals surface area contributed by atoms with Crippen LogP contribution in [0.2, 0.25) is 0 Å². The molecule has 2 aromatic carbocycles. The highest BCUT2D eigenvalue weighted by atomic mass is 16.1. The number of Topliss-reactive ketones (excluding diaryl/α,β-unsaturated/α-hetero) is 1. The van der Waals surface area contributed by atoms with Crippen LogP contribution in [0.4, 0.5) is 5.69 Å². The number of nitrogens with zero attached hydrogens (tertiary/aromatic N) is 1. The normalized spacial score (nSPS) is 18.2. The van der Waals surface area contributed by atoms with Crippen molar-refractivity contribution in [2.45, 2.75) is 19.3 Å². The highest BCUT2D eigenvalue weighted by molar-refractivity contribution is 6.13. The summed E-state index contributed by atoms with van der Waals surface area (Å²) in [6.45, 7) is 0. The lowest BCUT2D eigenvalue weighted by molar-refractivity contribution is -0.112. The monoisotopic (exact) mass is 317 g/mol. The molecular weight excluding hydrogens is 294 g/mol. The topological polar surface area (TPSA) is 20.3 Å². The van der Waals surface area contributed by atoms with Gasteiger partial charge >= 0.3 is 0 Å². The minimum atomic E-state index is 0.196. The Morgan fingerprint density at radius 2 is 1.33 bits per heavy atom. The van der Waals surface area contributed by atoms with E-state index in [0.717, 1.165) is 47.2 Å². The van der Waals surface area contributed by atoms with Crippen molar-refractivity contribution < 1.29 is 4.79 Å². The van der Waals surface area contributed by atoms with E-state index in [0.29, 0.717) is 0 Å². The van der Waals surface area contributed by atoms with Gasteiger partial charge in [0.1, 0.15) is 0 Å². The number of allylic oxidation sites excluding steroid dienone is 2. The Morgan fingerprint density at radius 3 is 1.88 bits per heavy atom. The molecule has 0 amide bonds. The van der Waals surface area contributed by atoms with Gasteiger partial charge in [0, 0.05) is 30.9 Å². The molecule has 0 heterocycles. The summed E-state index contributed by atoms with van der Waals surface area (Å²) >= 11 is 0. The SMILES string of the molecule is CN(C)c1ccc(/C=C2/CCC/C(=C/c3ccccc3)C2=O)cc1.